The standard InChI is InChI=1S/C13H29N3/c1-11(9-14)12(2)16(5)10-13(15(3)4)7-6-8-13/h11-12H,6-10,14H2,1-5H3. The highest BCUT2D eigenvalue weighted by molar-refractivity contribution is 4.98. The summed E-state index contributed by atoms with van der Waals surface area (Å²) in [5.41, 5.74) is 6.17. The van der Waals surface area contributed by atoms with Gasteiger partial charge in [0.2, 0.25) is 0 Å². The zero-order valence-electron chi connectivity index (χ0n) is 11.7. The summed E-state index contributed by atoms with van der Waals surface area (Å²) < 4.78 is 0. The Balaban J connectivity index is 2.52. The Morgan fingerprint density at radius 3 is 2.06 bits per heavy atom. The number of likely N-dealkylation sites (N-methyl/N-ethyl adjacent to an activating group) is 2. The van der Waals surface area contributed by atoms with Gasteiger partial charge >= 0.3 is 0 Å². The fraction of sp³-hybridized carbons (Fsp3) is 1.00. The van der Waals surface area contributed by atoms with Crippen molar-refractivity contribution < 1.29 is 0 Å². The Kier molecular flexibility index (Phi) is 4.77. The van der Waals surface area contributed by atoms with Crippen LogP contribution in [-0.2, 0) is 0 Å². The smallest absolute Gasteiger partial charge is 0.0330 e. The second-order valence-corrected chi connectivity index (χ2v) is 5.84. The van der Waals surface area contributed by atoms with E-state index in [2.05, 4.69) is 44.8 Å². The molecule has 3 nitrogen and oxygen atoms in total. The molecule has 0 aliphatic heterocycles. The molecule has 1 aliphatic carbocycles. The highest BCUT2D eigenvalue weighted by Crippen LogP contribution is 2.37. The Bertz CT molecular complexity index is 211. The van der Waals surface area contributed by atoms with Gasteiger partial charge in [-0.15, -0.1) is 0 Å². The zero-order chi connectivity index (χ0) is 12.3. The SMILES string of the molecule is CC(CN)C(C)N(C)CC1(N(C)C)CCC1. The number of nitrogens with zero attached hydrogens (tertiary/aromatic N) is 2. The van der Waals surface area contributed by atoms with Crippen molar-refractivity contribution >= 4 is 0 Å². The number of hydrogen-bond acceptors (Lipinski definition) is 3. The van der Waals surface area contributed by atoms with Gasteiger partial charge in [-0.3, -0.25) is 0 Å². The number of hydrogen-bond donors (Lipinski definition) is 1. The van der Waals surface area contributed by atoms with Gasteiger partial charge in [-0.05, 0) is 59.8 Å². The summed E-state index contributed by atoms with van der Waals surface area (Å²) in [7, 11) is 6.66. The topological polar surface area (TPSA) is 32.5 Å². The maximum absolute atomic E-state index is 5.74. The monoisotopic (exact) mass is 227 g/mol. The van der Waals surface area contributed by atoms with Crippen molar-refractivity contribution in [1.82, 2.24) is 9.80 Å². The van der Waals surface area contributed by atoms with E-state index in [0.717, 1.165) is 6.54 Å². The van der Waals surface area contributed by atoms with Gasteiger partial charge < -0.3 is 15.5 Å². The third-order valence-electron chi connectivity index (χ3n) is 4.67. The van der Waals surface area contributed by atoms with Crippen molar-refractivity contribution in [2.75, 3.05) is 34.2 Å². The third kappa shape index (κ3) is 2.76. The van der Waals surface area contributed by atoms with Gasteiger partial charge in [0.25, 0.3) is 0 Å². The zero-order valence-corrected chi connectivity index (χ0v) is 11.7. The highest BCUT2D eigenvalue weighted by atomic mass is 15.2. The second-order valence-electron chi connectivity index (χ2n) is 5.84. The van der Waals surface area contributed by atoms with Crippen molar-refractivity contribution in [3.63, 3.8) is 0 Å². The molecule has 2 N–H and O–H groups in total. The average Bonchev–Trinajstić information content (AvgIpc) is 2.20. The van der Waals surface area contributed by atoms with E-state index in [1.165, 1.54) is 25.8 Å². The Morgan fingerprint density at radius 1 is 1.19 bits per heavy atom. The summed E-state index contributed by atoms with van der Waals surface area (Å²) in [6, 6.07) is 0.572. The van der Waals surface area contributed by atoms with Crippen LogP contribution in [0.2, 0.25) is 0 Å². The van der Waals surface area contributed by atoms with Gasteiger partial charge in [-0.1, -0.05) is 6.92 Å². The highest BCUT2D eigenvalue weighted by Gasteiger charge is 2.40. The first-order valence-corrected chi connectivity index (χ1v) is 6.50. The van der Waals surface area contributed by atoms with E-state index in [0.29, 0.717) is 17.5 Å². The summed E-state index contributed by atoms with van der Waals surface area (Å²) in [4.78, 5) is 4.89. The molecule has 0 radical (unpaired) electrons. The number of rotatable bonds is 6. The lowest BCUT2D eigenvalue weighted by Crippen LogP contribution is -2.58. The molecule has 1 saturated carbocycles. The molecule has 0 aromatic carbocycles. The van der Waals surface area contributed by atoms with Crippen LogP contribution in [0.4, 0.5) is 0 Å². The molecule has 0 spiro atoms. The molecule has 2 atom stereocenters. The fourth-order valence-electron chi connectivity index (χ4n) is 2.57. The van der Waals surface area contributed by atoms with E-state index in [1.54, 1.807) is 0 Å². The molecule has 1 aliphatic rings. The van der Waals surface area contributed by atoms with Crippen molar-refractivity contribution in [2.45, 2.75) is 44.7 Å². The molecule has 0 bridgehead atoms. The number of nitrogens with two attached hydrogens (primary N) is 1. The van der Waals surface area contributed by atoms with Crippen LogP contribution in [0.5, 0.6) is 0 Å². The van der Waals surface area contributed by atoms with Gasteiger partial charge in [0.15, 0.2) is 0 Å². The maximum atomic E-state index is 5.74. The Hall–Kier alpha value is -0.120. The molecule has 0 aromatic rings. The molecule has 0 aromatic heterocycles. The Morgan fingerprint density at radius 2 is 1.75 bits per heavy atom. The molecule has 0 saturated heterocycles. The first-order valence-electron chi connectivity index (χ1n) is 6.50. The van der Waals surface area contributed by atoms with Crippen LogP contribution < -0.4 is 5.73 Å². The largest absolute Gasteiger partial charge is 0.330 e. The van der Waals surface area contributed by atoms with Crippen LogP contribution in [0.1, 0.15) is 33.1 Å². The second kappa shape index (κ2) is 5.48. The molecule has 3 heteroatoms. The van der Waals surface area contributed by atoms with Crippen molar-refractivity contribution in [1.29, 1.82) is 0 Å². The molecule has 1 fully saturated rings. The fourth-order valence-corrected chi connectivity index (χ4v) is 2.57. The summed E-state index contributed by atoms with van der Waals surface area (Å²) >= 11 is 0. The van der Waals surface area contributed by atoms with Crippen LogP contribution in [0.25, 0.3) is 0 Å². The molecular formula is C13H29N3. The third-order valence-corrected chi connectivity index (χ3v) is 4.67. The first-order chi connectivity index (χ1) is 7.43. The molecule has 16 heavy (non-hydrogen) atoms. The van der Waals surface area contributed by atoms with E-state index in [9.17, 15) is 0 Å². The molecule has 0 amide bonds. The van der Waals surface area contributed by atoms with Crippen molar-refractivity contribution in [2.24, 2.45) is 11.7 Å². The quantitative estimate of drug-likeness (QED) is 0.744. The van der Waals surface area contributed by atoms with Gasteiger partial charge in [0.05, 0.1) is 0 Å². The average molecular weight is 227 g/mol. The van der Waals surface area contributed by atoms with Crippen LogP contribution in [0, 0.1) is 5.92 Å². The summed E-state index contributed by atoms with van der Waals surface area (Å²) in [5, 5.41) is 0. The summed E-state index contributed by atoms with van der Waals surface area (Å²) in [5.74, 6) is 0.573. The minimum atomic E-state index is 0.428. The van der Waals surface area contributed by atoms with Crippen LogP contribution in [0.3, 0.4) is 0 Å². The minimum Gasteiger partial charge on any atom is -0.330 e. The minimum absolute atomic E-state index is 0.428. The molecule has 1 rings (SSSR count). The van der Waals surface area contributed by atoms with E-state index >= 15 is 0 Å². The predicted molar refractivity (Wildman–Crippen MR) is 70.6 cm³/mol. The van der Waals surface area contributed by atoms with Crippen LogP contribution >= 0.6 is 0 Å². The molecule has 2 unspecified atom stereocenters. The van der Waals surface area contributed by atoms with E-state index in [-0.39, 0.29) is 0 Å². The first kappa shape index (κ1) is 13.9. The lowest BCUT2D eigenvalue weighted by Gasteiger charge is -2.50. The summed E-state index contributed by atoms with van der Waals surface area (Å²) in [6.07, 6.45) is 4.06. The Labute approximate surface area is 101 Å². The lowest BCUT2D eigenvalue weighted by molar-refractivity contribution is 0.0120. The van der Waals surface area contributed by atoms with E-state index < -0.39 is 0 Å². The normalized spacial score (nSPS) is 23.2. The van der Waals surface area contributed by atoms with E-state index in [1.807, 2.05) is 0 Å². The summed E-state index contributed by atoms with van der Waals surface area (Å²) in [6.45, 7) is 6.48. The van der Waals surface area contributed by atoms with Crippen molar-refractivity contribution in [3.05, 3.63) is 0 Å². The predicted octanol–water partition coefficient (Wildman–Crippen LogP) is 1.39. The molecular weight excluding hydrogens is 198 g/mol. The van der Waals surface area contributed by atoms with Crippen molar-refractivity contribution in [3.8, 4) is 0 Å². The van der Waals surface area contributed by atoms with E-state index in [4.69, 9.17) is 5.73 Å². The van der Waals surface area contributed by atoms with Gasteiger partial charge in [0, 0.05) is 18.1 Å². The van der Waals surface area contributed by atoms with Gasteiger partial charge in [-0.2, -0.15) is 0 Å². The van der Waals surface area contributed by atoms with Crippen LogP contribution in [-0.4, -0.2) is 55.6 Å². The lowest BCUT2D eigenvalue weighted by atomic mass is 9.75. The molecule has 0 heterocycles. The van der Waals surface area contributed by atoms with Crippen LogP contribution in [0.15, 0.2) is 0 Å². The maximum Gasteiger partial charge on any atom is 0.0330 e. The van der Waals surface area contributed by atoms with Gasteiger partial charge in [-0.25, -0.2) is 0 Å². The van der Waals surface area contributed by atoms with Gasteiger partial charge in [0.1, 0.15) is 0 Å². The molecule has 96 valence electrons.